The lowest BCUT2D eigenvalue weighted by molar-refractivity contribution is 0.294. The molecular formula is C12H18BrN3O2S. The normalized spacial score (nSPS) is 19.2. The highest BCUT2D eigenvalue weighted by Gasteiger charge is 2.20. The van der Waals surface area contributed by atoms with Crippen LogP contribution in [0.3, 0.4) is 0 Å². The predicted octanol–water partition coefficient (Wildman–Crippen LogP) is 1.38. The molecular weight excluding hydrogens is 330 g/mol. The van der Waals surface area contributed by atoms with E-state index in [1.165, 1.54) is 0 Å². The average molecular weight is 348 g/mol. The van der Waals surface area contributed by atoms with Crippen LogP contribution in [-0.4, -0.2) is 56.0 Å². The van der Waals surface area contributed by atoms with Crippen LogP contribution in [0, 0.1) is 0 Å². The Kier molecular flexibility index (Phi) is 5.18. The Labute approximate surface area is 122 Å². The summed E-state index contributed by atoms with van der Waals surface area (Å²) in [6, 6.07) is 3.88. The van der Waals surface area contributed by atoms with Gasteiger partial charge in [-0.05, 0) is 41.0 Å². The first-order chi connectivity index (χ1) is 9.05. The number of halogens is 1. The molecule has 5 nitrogen and oxygen atoms in total. The number of sulfone groups is 1. The molecule has 2 rings (SSSR count). The third-order valence-electron chi connectivity index (χ3n) is 3.12. The molecule has 0 spiro atoms. The van der Waals surface area contributed by atoms with Gasteiger partial charge in [-0.15, -0.1) is 0 Å². The van der Waals surface area contributed by atoms with Crippen molar-refractivity contribution >= 4 is 31.6 Å². The zero-order chi connectivity index (χ0) is 13.7. The molecule has 1 saturated heterocycles. The Bertz CT molecular complexity index is 490. The maximum atomic E-state index is 11.3. The molecule has 1 N–H and O–H groups in total. The van der Waals surface area contributed by atoms with E-state index in [-0.39, 0.29) is 0 Å². The highest BCUT2D eigenvalue weighted by molar-refractivity contribution is 9.10. The fraction of sp³-hybridized carbons (Fsp3) is 0.583. The van der Waals surface area contributed by atoms with Crippen LogP contribution in [0.4, 0.5) is 5.82 Å². The molecule has 0 atom stereocenters. The van der Waals surface area contributed by atoms with Crippen molar-refractivity contribution in [2.24, 2.45) is 0 Å². The molecule has 0 aromatic carbocycles. The molecule has 0 bridgehead atoms. The topological polar surface area (TPSA) is 62.3 Å². The Balaban J connectivity index is 1.63. The molecule has 0 radical (unpaired) electrons. The summed E-state index contributed by atoms with van der Waals surface area (Å²) in [5.41, 5.74) is 0. The van der Waals surface area contributed by atoms with Gasteiger partial charge in [-0.2, -0.15) is 0 Å². The van der Waals surface area contributed by atoms with Gasteiger partial charge in [0.1, 0.15) is 5.82 Å². The smallest absolute Gasteiger partial charge is 0.152 e. The Morgan fingerprint density at radius 1 is 1.32 bits per heavy atom. The zero-order valence-corrected chi connectivity index (χ0v) is 13.1. The summed E-state index contributed by atoms with van der Waals surface area (Å²) in [5, 5.41) is 3.25. The van der Waals surface area contributed by atoms with Gasteiger partial charge >= 0.3 is 0 Å². The Morgan fingerprint density at radius 3 is 2.68 bits per heavy atom. The van der Waals surface area contributed by atoms with Gasteiger partial charge in [-0.3, -0.25) is 0 Å². The third-order valence-corrected chi connectivity index (χ3v) is 5.20. The summed E-state index contributed by atoms with van der Waals surface area (Å²) < 4.78 is 23.5. The van der Waals surface area contributed by atoms with Gasteiger partial charge in [0.15, 0.2) is 9.84 Å². The first-order valence-electron chi connectivity index (χ1n) is 6.33. The molecule has 1 aromatic heterocycles. The van der Waals surface area contributed by atoms with Crippen molar-refractivity contribution in [3.8, 4) is 0 Å². The van der Waals surface area contributed by atoms with Crippen LogP contribution in [0.5, 0.6) is 0 Å². The van der Waals surface area contributed by atoms with Crippen molar-refractivity contribution in [1.82, 2.24) is 9.88 Å². The highest BCUT2D eigenvalue weighted by Crippen LogP contribution is 2.10. The number of nitrogens with one attached hydrogen (secondary N) is 1. The summed E-state index contributed by atoms with van der Waals surface area (Å²) >= 11 is 3.34. The van der Waals surface area contributed by atoms with Gasteiger partial charge in [0, 0.05) is 30.3 Å². The van der Waals surface area contributed by atoms with Crippen LogP contribution >= 0.6 is 15.9 Å². The number of hydrogen-bond acceptors (Lipinski definition) is 5. The van der Waals surface area contributed by atoms with Gasteiger partial charge in [0.25, 0.3) is 0 Å². The fourth-order valence-electron chi connectivity index (χ4n) is 1.97. The number of nitrogens with zero attached hydrogens (tertiary/aromatic N) is 2. The van der Waals surface area contributed by atoms with E-state index in [1.54, 1.807) is 6.20 Å². The molecule has 19 heavy (non-hydrogen) atoms. The van der Waals surface area contributed by atoms with Gasteiger partial charge in [-0.25, -0.2) is 13.4 Å². The fourth-order valence-corrected chi connectivity index (χ4v) is 3.48. The summed E-state index contributed by atoms with van der Waals surface area (Å²) in [7, 11) is -2.77. The van der Waals surface area contributed by atoms with Gasteiger partial charge in [-0.1, -0.05) is 0 Å². The van der Waals surface area contributed by atoms with Crippen LogP contribution in [0.2, 0.25) is 0 Å². The monoisotopic (exact) mass is 347 g/mol. The van der Waals surface area contributed by atoms with Crippen LogP contribution in [0.1, 0.15) is 6.42 Å². The molecule has 2 heterocycles. The number of anilines is 1. The van der Waals surface area contributed by atoms with E-state index in [9.17, 15) is 8.42 Å². The minimum absolute atomic E-state index is 0.300. The molecule has 1 fully saturated rings. The highest BCUT2D eigenvalue weighted by atomic mass is 79.9. The molecule has 0 unspecified atom stereocenters. The average Bonchev–Trinajstić information content (AvgIpc) is 2.38. The van der Waals surface area contributed by atoms with Crippen molar-refractivity contribution < 1.29 is 8.42 Å². The van der Waals surface area contributed by atoms with E-state index in [4.69, 9.17) is 0 Å². The third kappa shape index (κ3) is 5.08. The summed E-state index contributed by atoms with van der Waals surface area (Å²) in [4.78, 5) is 6.44. The molecule has 1 aliphatic rings. The van der Waals surface area contributed by atoms with E-state index < -0.39 is 9.84 Å². The Morgan fingerprint density at radius 2 is 2.05 bits per heavy atom. The van der Waals surface area contributed by atoms with Crippen molar-refractivity contribution in [3.05, 3.63) is 22.8 Å². The standard InChI is InChI=1S/C12H18BrN3O2S/c13-11-2-3-12(15-10-11)14-4-1-5-16-6-8-19(17,18)9-7-16/h2-3,10H,1,4-9H2,(H,14,15). The quantitative estimate of drug-likeness (QED) is 0.815. The minimum Gasteiger partial charge on any atom is -0.370 e. The number of aromatic nitrogens is 1. The largest absolute Gasteiger partial charge is 0.370 e. The van der Waals surface area contributed by atoms with Gasteiger partial charge in [0.05, 0.1) is 11.5 Å². The first-order valence-corrected chi connectivity index (χ1v) is 8.95. The van der Waals surface area contributed by atoms with Crippen LogP contribution in [0.15, 0.2) is 22.8 Å². The molecule has 1 aliphatic heterocycles. The van der Waals surface area contributed by atoms with Crippen LogP contribution in [0.25, 0.3) is 0 Å². The summed E-state index contributed by atoms with van der Waals surface area (Å²) in [6.45, 7) is 3.11. The van der Waals surface area contributed by atoms with Crippen molar-refractivity contribution in [3.63, 3.8) is 0 Å². The SMILES string of the molecule is O=S1(=O)CCN(CCCNc2ccc(Br)cn2)CC1. The summed E-state index contributed by atoms with van der Waals surface area (Å²) in [5.74, 6) is 1.47. The van der Waals surface area contributed by atoms with Crippen LogP contribution in [-0.2, 0) is 9.84 Å². The molecule has 1 aromatic rings. The second-order valence-electron chi connectivity index (χ2n) is 4.64. The molecule has 0 aliphatic carbocycles. The molecule has 0 amide bonds. The maximum Gasteiger partial charge on any atom is 0.152 e. The molecule has 7 heteroatoms. The second kappa shape index (κ2) is 6.67. The Hall–Kier alpha value is -0.660. The summed E-state index contributed by atoms with van der Waals surface area (Å²) in [6.07, 6.45) is 2.75. The van der Waals surface area contributed by atoms with E-state index >= 15 is 0 Å². The van der Waals surface area contributed by atoms with Gasteiger partial charge < -0.3 is 10.2 Å². The number of rotatable bonds is 5. The maximum absolute atomic E-state index is 11.3. The second-order valence-corrected chi connectivity index (χ2v) is 7.85. The van der Waals surface area contributed by atoms with E-state index in [0.717, 1.165) is 29.8 Å². The van der Waals surface area contributed by atoms with E-state index in [0.29, 0.717) is 24.6 Å². The number of pyridine rings is 1. The van der Waals surface area contributed by atoms with Crippen molar-refractivity contribution in [2.75, 3.05) is 43.0 Å². The van der Waals surface area contributed by atoms with Gasteiger partial charge in [0.2, 0.25) is 0 Å². The van der Waals surface area contributed by atoms with E-state index in [1.807, 2.05) is 12.1 Å². The van der Waals surface area contributed by atoms with Crippen LogP contribution < -0.4 is 5.32 Å². The number of hydrogen-bond donors (Lipinski definition) is 1. The lowest BCUT2D eigenvalue weighted by Crippen LogP contribution is -2.41. The predicted molar refractivity (Wildman–Crippen MR) is 80.1 cm³/mol. The first kappa shape index (κ1) is 14.7. The molecule has 106 valence electrons. The minimum atomic E-state index is -2.77. The molecule has 0 saturated carbocycles. The lowest BCUT2D eigenvalue weighted by Gasteiger charge is -2.26. The lowest BCUT2D eigenvalue weighted by atomic mass is 10.3. The zero-order valence-electron chi connectivity index (χ0n) is 10.7. The van der Waals surface area contributed by atoms with Crippen molar-refractivity contribution in [2.45, 2.75) is 6.42 Å². The van der Waals surface area contributed by atoms with Crippen molar-refractivity contribution in [1.29, 1.82) is 0 Å². The van der Waals surface area contributed by atoms with E-state index in [2.05, 4.69) is 31.1 Å².